The number of fused-ring (bicyclic) bond motifs is 1. The second-order valence-electron chi connectivity index (χ2n) is 5.14. The minimum Gasteiger partial charge on any atom is -0.466 e. The molecule has 24 heavy (non-hydrogen) atoms. The molecule has 0 bridgehead atoms. The summed E-state index contributed by atoms with van der Waals surface area (Å²) < 4.78 is 23.3. The lowest BCUT2D eigenvalue weighted by Crippen LogP contribution is -2.07. The van der Waals surface area contributed by atoms with Crippen LogP contribution in [0, 0.1) is 12.7 Å². The van der Waals surface area contributed by atoms with Crippen LogP contribution < -0.4 is 5.63 Å². The largest absolute Gasteiger partial charge is 0.466 e. The first-order chi connectivity index (χ1) is 11.5. The molecular weight excluding hydrogens is 333 g/mol. The number of thiazole rings is 1. The number of aromatic nitrogens is 1. The molecule has 0 saturated carbocycles. The molecule has 2 heterocycles. The Kier molecular flexibility index (Phi) is 4.44. The maximum absolute atomic E-state index is 13.2. The third-order valence-corrected chi connectivity index (χ3v) is 4.62. The van der Waals surface area contributed by atoms with Crippen LogP contribution in [-0.2, 0) is 16.0 Å². The molecule has 0 saturated heterocycles. The fourth-order valence-corrected chi connectivity index (χ4v) is 3.34. The smallest absolute Gasteiger partial charge is 0.346 e. The maximum Gasteiger partial charge on any atom is 0.346 e. The highest BCUT2D eigenvalue weighted by Crippen LogP contribution is 2.28. The van der Waals surface area contributed by atoms with Gasteiger partial charge in [0.15, 0.2) is 0 Å². The maximum atomic E-state index is 13.2. The van der Waals surface area contributed by atoms with Crippen molar-refractivity contribution < 1.29 is 18.3 Å². The van der Waals surface area contributed by atoms with Crippen LogP contribution in [0.1, 0.15) is 17.5 Å². The van der Waals surface area contributed by atoms with E-state index in [9.17, 15) is 14.0 Å². The third kappa shape index (κ3) is 3.21. The van der Waals surface area contributed by atoms with Crippen LogP contribution in [0.4, 0.5) is 4.39 Å². The van der Waals surface area contributed by atoms with Gasteiger partial charge in [0.2, 0.25) is 0 Å². The molecule has 7 heteroatoms. The lowest BCUT2D eigenvalue weighted by molar-refractivity contribution is -0.142. The van der Waals surface area contributed by atoms with Crippen molar-refractivity contribution in [2.24, 2.45) is 0 Å². The topological polar surface area (TPSA) is 69.4 Å². The summed E-state index contributed by atoms with van der Waals surface area (Å²) >= 11 is 1.25. The zero-order valence-electron chi connectivity index (χ0n) is 13.1. The van der Waals surface area contributed by atoms with Gasteiger partial charge in [-0.15, -0.1) is 11.3 Å². The Labute approximate surface area is 140 Å². The quantitative estimate of drug-likeness (QED) is 0.534. The van der Waals surface area contributed by atoms with Gasteiger partial charge in [-0.3, -0.25) is 4.79 Å². The van der Waals surface area contributed by atoms with Crippen LogP contribution >= 0.6 is 11.3 Å². The van der Waals surface area contributed by atoms with Crippen LogP contribution in [0.5, 0.6) is 0 Å². The van der Waals surface area contributed by atoms with Crippen molar-refractivity contribution in [1.82, 2.24) is 4.98 Å². The van der Waals surface area contributed by atoms with Gasteiger partial charge in [-0.25, -0.2) is 14.2 Å². The van der Waals surface area contributed by atoms with E-state index in [0.717, 1.165) is 4.88 Å². The molecule has 124 valence electrons. The second kappa shape index (κ2) is 6.52. The number of benzene rings is 1. The van der Waals surface area contributed by atoms with Crippen molar-refractivity contribution >= 4 is 28.3 Å². The Morgan fingerprint density at radius 3 is 2.92 bits per heavy atom. The summed E-state index contributed by atoms with van der Waals surface area (Å²) in [5.74, 6) is -0.808. The Balaban J connectivity index is 2.01. The number of ether oxygens (including phenoxy) is 1. The number of aryl methyl sites for hydroxylation is 1. The van der Waals surface area contributed by atoms with E-state index in [4.69, 9.17) is 9.15 Å². The number of carbonyl (C=O) groups is 1. The van der Waals surface area contributed by atoms with Gasteiger partial charge in [-0.05, 0) is 32.0 Å². The lowest BCUT2D eigenvalue weighted by atomic mass is 10.2. The highest BCUT2D eigenvalue weighted by molar-refractivity contribution is 7.15. The van der Waals surface area contributed by atoms with Crippen molar-refractivity contribution in [2.75, 3.05) is 6.61 Å². The molecule has 0 aliphatic carbocycles. The predicted molar refractivity (Wildman–Crippen MR) is 88.6 cm³/mol. The highest BCUT2D eigenvalue weighted by atomic mass is 32.1. The molecule has 0 spiro atoms. The van der Waals surface area contributed by atoms with E-state index in [1.807, 2.05) is 0 Å². The number of halogens is 1. The molecule has 3 rings (SSSR count). The fraction of sp³-hybridized carbons (Fsp3) is 0.235. The second-order valence-corrected chi connectivity index (χ2v) is 6.22. The fourth-order valence-electron chi connectivity index (χ4n) is 2.28. The Hall–Kier alpha value is -2.54. The molecule has 2 aromatic heterocycles. The summed E-state index contributed by atoms with van der Waals surface area (Å²) in [7, 11) is 0. The van der Waals surface area contributed by atoms with E-state index >= 15 is 0 Å². The van der Waals surface area contributed by atoms with Crippen LogP contribution in [0.25, 0.3) is 21.5 Å². The molecule has 0 aliphatic heterocycles. The summed E-state index contributed by atoms with van der Waals surface area (Å²) in [5, 5.41) is 1.07. The molecule has 0 atom stereocenters. The molecule has 5 nitrogen and oxygen atoms in total. The lowest BCUT2D eigenvalue weighted by Gasteiger charge is -2.00. The first-order valence-electron chi connectivity index (χ1n) is 7.33. The molecular formula is C17H14FNO4S. The molecule has 0 N–H and O–H groups in total. The van der Waals surface area contributed by atoms with Crippen LogP contribution in [0.2, 0.25) is 0 Å². The molecule has 0 fully saturated rings. The van der Waals surface area contributed by atoms with Gasteiger partial charge in [0, 0.05) is 16.3 Å². The van der Waals surface area contributed by atoms with E-state index in [2.05, 4.69) is 4.98 Å². The number of nitrogens with zero attached hydrogens (tertiary/aromatic N) is 1. The van der Waals surface area contributed by atoms with Gasteiger partial charge in [0.25, 0.3) is 0 Å². The molecule has 0 aliphatic rings. The third-order valence-electron chi connectivity index (χ3n) is 3.43. The van der Waals surface area contributed by atoms with Crippen molar-refractivity contribution in [1.29, 1.82) is 0 Å². The summed E-state index contributed by atoms with van der Waals surface area (Å²) in [6, 6.07) is 5.62. The number of hydrogen-bond acceptors (Lipinski definition) is 6. The van der Waals surface area contributed by atoms with Crippen molar-refractivity contribution in [3.05, 3.63) is 51.1 Å². The minimum atomic E-state index is -0.593. The average Bonchev–Trinajstić information content (AvgIpc) is 2.87. The number of carbonyl (C=O) groups excluding carboxylic acids is 1. The van der Waals surface area contributed by atoms with Crippen molar-refractivity contribution in [3.8, 4) is 10.6 Å². The zero-order chi connectivity index (χ0) is 17.3. The average molecular weight is 347 g/mol. The van der Waals surface area contributed by atoms with Crippen LogP contribution in [0.3, 0.4) is 0 Å². The molecule has 0 amide bonds. The first kappa shape index (κ1) is 16.3. The van der Waals surface area contributed by atoms with Gasteiger partial charge >= 0.3 is 11.6 Å². The van der Waals surface area contributed by atoms with Gasteiger partial charge in [-0.1, -0.05) is 0 Å². The Morgan fingerprint density at radius 2 is 2.17 bits per heavy atom. The SMILES string of the molecule is CCOC(=O)Cc1sc(-c2cc3ccc(F)cc3oc2=O)nc1C. The molecule has 0 unspecified atom stereocenters. The number of rotatable bonds is 4. The van der Waals surface area contributed by atoms with E-state index in [1.165, 1.54) is 29.5 Å². The molecule has 3 aromatic rings. The number of esters is 1. The highest BCUT2D eigenvalue weighted by Gasteiger charge is 2.17. The Bertz CT molecular complexity index is 976. The van der Waals surface area contributed by atoms with Crippen molar-refractivity contribution in [2.45, 2.75) is 20.3 Å². The van der Waals surface area contributed by atoms with Gasteiger partial charge in [0.05, 0.1) is 24.3 Å². The van der Waals surface area contributed by atoms with E-state index in [-0.39, 0.29) is 23.5 Å². The van der Waals surface area contributed by atoms with E-state index in [1.54, 1.807) is 19.9 Å². The minimum absolute atomic E-state index is 0.113. The summed E-state index contributed by atoms with van der Waals surface area (Å²) in [4.78, 5) is 28.9. The normalized spacial score (nSPS) is 11.0. The Morgan fingerprint density at radius 1 is 1.38 bits per heavy atom. The van der Waals surface area contributed by atoms with E-state index in [0.29, 0.717) is 22.7 Å². The first-order valence-corrected chi connectivity index (χ1v) is 8.15. The molecule has 0 radical (unpaired) electrons. The predicted octanol–water partition coefficient (Wildman–Crippen LogP) is 3.47. The molecule has 1 aromatic carbocycles. The summed E-state index contributed by atoms with van der Waals surface area (Å²) in [5.41, 5.74) is 0.548. The van der Waals surface area contributed by atoms with E-state index < -0.39 is 11.4 Å². The van der Waals surface area contributed by atoms with Crippen molar-refractivity contribution in [3.63, 3.8) is 0 Å². The van der Waals surface area contributed by atoms with Crippen LogP contribution in [0.15, 0.2) is 33.5 Å². The van der Waals surface area contributed by atoms with Crippen LogP contribution in [-0.4, -0.2) is 17.6 Å². The van der Waals surface area contributed by atoms with Gasteiger partial charge < -0.3 is 9.15 Å². The zero-order valence-corrected chi connectivity index (χ0v) is 13.9. The van der Waals surface area contributed by atoms with Gasteiger partial charge in [-0.2, -0.15) is 0 Å². The summed E-state index contributed by atoms with van der Waals surface area (Å²) in [6.45, 7) is 3.83. The monoisotopic (exact) mass is 347 g/mol. The van der Waals surface area contributed by atoms with Gasteiger partial charge in [0.1, 0.15) is 16.4 Å². The standard InChI is InChI=1S/C17H14FNO4S/c1-3-22-15(20)8-14-9(2)19-16(24-14)12-6-10-4-5-11(18)7-13(10)23-17(12)21/h4-7H,3,8H2,1-2H3. The summed E-state index contributed by atoms with van der Waals surface area (Å²) in [6.07, 6.45) is 0.113. The number of hydrogen-bond donors (Lipinski definition) is 0.